The van der Waals surface area contributed by atoms with Crippen molar-refractivity contribution in [3.63, 3.8) is 0 Å². The minimum absolute atomic E-state index is 0. The van der Waals surface area contributed by atoms with E-state index in [1.165, 1.54) is 4.88 Å². The first-order valence-corrected chi connectivity index (χ1v) is 8.89. The van der Waals surface area contributed by atoms with E-state index in [0.717, 1.165) is 55.3 Å². The lowest BCUT2D eigenvalue weighted by atomic mass is 10.3. The average Bonchev–Trinajstić information content (AvgIpc) is 2.94. The molecule has 0 unspecified atom stereocenters. The van der Waals surface area contributed by atoms with Gasteiger partial charge < -0.3 is 15.1 Å². The number of aromatic nitrogens is 3. The zero-order valence-electron chi connectivity index (χ0n) is 14.8. The smallest absolute Gasteiger partial charge is 0.225 e. The molecule has 3 heterocycles. The van der Waals surface area contributed by atoms with Crippen LogP contribution in [0.3, 0.4) is 0 Å². The Balaban J connectivity index is 0.00000225. The third-order valence-corrected chi connectivity index (χ3v) is 5.11. The van der Waals surface area contributed by atoms with E-state index in [2.05, 4.69) is 42.0 Å². The van der Waals surface area contributed by atoms with Crippen molar-refractivity contribution in [2.75, 3.05) is 38.1 Å². The topological polar surface area (TPSA) is 69.5 Å². The Morgan fingerprint density at radius 1 is 1.20 bits per heavy atom. The first-order valence-electron chi connectivity index (χ1n) is 8.08. The van der Waals surface area contributed by atoms with Crippen molar-refractivity contribution >= 4 is 47.2 Å². The highest BCUT2D eigenvalue weighted by molar-refractivity contribution is 14.0. The van der Waals surface area contributed by atoms with Gasteiger partial charge in [-0.2, -0.15) is 0 Å². The summed E-state index contributed by atoms with van der Waals surface area (Å²) in [6.45, 7) is 8.46. The molecule has 1 N–H and O–H groups in total. The van der Waals surface area contributed by atoms with Gasteiger partial charge in [0.2, 0.25) is 5.95 Å². The maximum atomic E-state index is 4.48. The lowest BCUT2D eigenvalue weighted by Gasteiger charge is -2.36. The number of rotatable bonds is 3. The van der Waals surface area contributed by atoms with Crippen LogP contribution in [0, 0.1) is 13.8 Å². The summed E-state index contributed by atoms with van der Waals surface area (Å²) in [6, 6.07) is 1.84. The maximum absolute atomic E-state index is 4.48. The molecule has 3 rings (SSSR count). The quantitative estimate of drug-likeness (QED) is 0.418. The molecule has 0 spiro atoms. The van der Waals surface area contributed by atoms with Gasteiger partial charge in [-0.15, -0.1) is 35.3 Å². The van der Waals surface area contributed by atoms with E-state index < -0.39 is 0 Å². The van der Waals surface area contributed by atoms with E-state index in [4.69, 9.17) is 0 Å². The zero-order chi connectivity index (χ0) is 16.9. The fourth-order valence-corrected chi connectivity index (χ4v) is 3.68. The second kappa shape index (κ2) is 9.27. The van der Waals surface area contributed by atoms with E-state index in [1.54, 1.807) is 23.7 Å². The Hall–Kier alpha value is -1.49. The van der Waals surface area contributed by atoms with Crippen LogP contribution in [0.25, 0.3) is 0 Å². The van der Waals surface area contributed by atoms with Crippen molar-refractivity contribution in [3.05, 3.63) is 34.0 Å². The predicted octanol–water partition coefficient (Wildman–Crippen LogP) is 2.07. The van der Waals surface area contributed by atoms with Gasteiger partial charge in [-0.3, -0.25) is 4.99 Å². The molecule has 2 aromatic heterocycles. The molecular weight excluding hydrogens is 449 g/mol. The molecule has 7 nitrogen and oxygen atoms in total. The Bertz CT molecular complexity index is 696. The van der Waals surface area contributed by atoms with Crippen LogP contribution < -0.4 is 10.2 Å². The number of piperazine rings is 1. The lowest BCUT2D eigenvalue weighted by Crippen LogP contribution is -2.52. The molecular formula is C16H24IN7S. The highest BCUT2D eigenvalue weighted by Gasteiger charge is 2.21. The van der Waals surface area contributed by atoms with Gasteiger partial charge in [0.1, 0.15) is 0 Å². The molecule has 0 saturated carbocycles. The van der Waals surface area contributed by atoms with Crippen LogP contribution in [0.4, 0.5) is 5.95 Å². The van der Waals surface area contributed by atoms with Crippen LogP contribution in [-0.2, 0) is 6.54 Å². The number of hydrogen-bond acceptors (Lipinski definition) is 6. The Labute approximate surface area is 169 Å². The van der Waals surface area contributed by atoms with Crippen LogP contribution >= 0.6 is 35.3 Å². The van der Waals surface area contributed by atoms with Crippen LogP contribution in [0.5, 0.6) is 0 Å². The standard InChI is InChI=1S/C16H23N7S.HI/c1-12-14(24-13(2)21-12)11-20-15(17-3)22-7-9-23(10-8-22)16-18-5-4-6-19-16;/h4-6H,7-11H2,1-3H3,(H,17,20);1H. The maximum Gasteiger partial charge on any atom is 0.225 e. The number of nitrogens with zero attached hydrogens (tertiary/aromatic N) is 6. The van der Waals surface area contributed by atoms with E-state index in [0.29, 0.717) is 0 Å². The molecule has 2 aromatic rings. The minimum atomic E-state index is 0. The van der Waals surface area contributed by atoms with Crippen LogP contribution in [0.2, 0.25) is 0 Å². The first-order chi connectivity index (χ1) is 11.7. The summed E-state index contributed by atoms with van der Waals surface area (Å²) in [5, 5.41) is 4.57. The van der Waals surface area contributed by atoms with Gasteiger partial charge in [-0.25, -0.2) is 15.0 Å². The van der Waals surface area contributed by atoms with Gasteiger partial charge in [0.25, 0.3) is 0 Å². The number of nitrogens with one attached hydrogen (secondary N) is 1. The van der Waals surface area contributed by atoms with E-state index in [9.17, 15) is 0 Å². The molecule has 0 aromatic carbocycles. The SMILES string of the molecule is CN=C(NCc1sc(C)nc1C)N1CCN(c2ncccn2)CC1.I. The molecule has 25 heavy (non-hydrogen) atoms. The van der Waals surface area contributed by atoms with Gasteiger partial charge >= 0.3 is 0 Å². The molecule has 9 heteroatoms. The summed E-state index contributed by atoms with van der Waals surface area (Å²) in [5.41, 5.74) is 1.10. The van der Waals surface area contributed by atoms with Gasteiger partial charge in [0, 0.05) is 50.5 Å². The largest absolute Gasteiger partial charge is 0.351 e. The van der Waals surface area contributed by atoms with Crippen LogP contribution in [-0.4, -0.2) is 59.0 Å². The fraction of sp³-hybridized carbons (Fsp3) is 0.500. The van der Waals surface area contributed by atoms with Crippen molar-refractivity contribution in [1.82, 2.24) is 25.2 Å². The summed E-state index contributed by atoms with van der Waals surface area (Å²) < 4.78 is 0. The summed E-state index contributed by atoms with van der Waals surface area (Å²) in [6.07, 6.45) is 3.57. The van der Waals surface area contributed by atoms with E-state index >= 15 is 0 Å². The van der Waals surface area contributed by atoms with Crippen LogP contribution in [0.1, 0.15) is 15.6 Å². The number of aryl methyl sites for hydroxylation is 2. The Kier molecular flexibility index (Phi) is 7.36. The number of thiazole rings is 1. The second-order valence-electron chi connectivity index (χ2n) is 5.67. The molecule has 1 fully saturated rings. The highest BCUT2D eigenvalue weighted by Crippen LogP contribution is 2.17. The molecule has 0 radical (unpaired) electrons. The first kappa shape index (κ1) is 19.8. The van der Waals surface area contributed by atoms with Crippen LogP contribution in [0.15, 0.2) is 23.5 Å². The van der Waals surface area contributed by atoms with Crippen molar-refractivity contribution < 1.29 is 0 Å². The number of hydrogen-bond donors (Lipinski definition) is 1. The van der Waals surface area contributed by atoms with E-state index in [1.807, 2.05) is 20.0 Å². The summed E-state index contributed by atoms with van der Waals surface area (Å²) >= 11 is 1.74. The number of halogens is 1. The highest BCUT2D eigenvalue weighted by atomic mass is 127. The Morgan fingerprint density at radius 2 is 1.88 bits per heavy atom. The van der Waals surface area contributed by atoms with Gasteiger partial charge in [0.05, 0.1) is 17.2 Å². The van der Waals surface area contributed by atoms with E-state index in [-0.39, 0.29) is 24.0 Å². The van der Waals surface area contributed by atoms with Crippen molar-refractivity contribution in [3.8, 4) is 0 Å². The van der Waals surface area contributed by atoms with Crippen molar-refractivity contribution in [1.29, 1.82) is 0 Å². The number of aliphatic imine (C=N–C) groups is 1. The number of guanidine groups is 1. The summed E-state index contributed by atoms with van der Waals surface area (Å²) in [7, 11) is 1.83. The monoisotopic (exact) mass is 473 g/mol. The molecule has 0 atom stereocenters. The lowest BCUT2D eigenvalue weighted by molar-refractivity contribution is 0.370. The third kappa shape index (κ3) is 5.00. The van der Waals surface area contributed by atoms with Gasteiger partial charge in [-0.05, 0) is 19.9 Å². The molecule has 1 aliphatic rings. The zero-order valence-corrected chi connectivity index (χ0v) is 17.9. The van der Waals surface area contributed by atoms with Gasteiger partial charge in [-0.1, -0.05) is 0 Å². The molecule has 0 bridgehead atoms. The Morgan fingerprint density at radius 3 is 2.44 bits per heavy atom. The van der Waals surface area contributed by atoms with Crippen molar-refractivity contribution in [2.45, 2.75) is 20.4 Å². The summed E-state index contributed by atoms with van der Waals surface area (Å²) in [4.78, 5) is 23.3. The third-order valence-electron chi connectivity index (χ3n) is 4.03. The molecule has 136 valence electrons. The summed E-state index contributed by atoms with van der Waals surface area (Å²) in [5.74, 6) is 1.74. The minimum Gasteiger partial charge on any atom is -0.351 e. The molecule has 0 amide bonds. The second-order valence-corrected chi connectivity index (χ2v) is 6.95. The normalized spacial score (nSPS) is 15.1. The molecule has 1 aliphatic heterocycles. The van der Waals surface area contributed by atoms with Gasteiger partial charge in [0.15, 0.2) is 5.96 Å². The molecule has 1 saturated heterocycles. The predicted molar refractivity (Wildman–Crippen MR) is 113 cm³/mol. The number of anilines is 1. The molecule has 0 aliphatic carbocycles. The van der Waals surface area contributed by atoms with Crippen molar-refractivity contribution in [2.24, 2.45) is 4.99 Å². The average molecular weight is 473 g/mol. The fourth-order valence-electron chi connectivity index (χ4n) is 2.80.